The molecule has 1 N–H and O–H groups in total. The summed E-state index contributed by atoms with van der Waals surface area (Å²) in [5.74, 6) is -0.554. The number of aromatic nitrogens is 1. The molecule has 0 spiro atoms. The number of benzene rings is 1. The lowest BCUT2D eigenvalue weighted by atomic mass is 10.1. The molecule has 1 atom stereocenters. The van der Waals surface area contributed by atoms with Crippen molar-refractivity contribution in [2.75, 3.05) is 7.11 Å². The molecule has 8 heteroatoms. The molecule has 1 unspecified atom stereocenters. The molecule has 4 nitrogen and oxygen atoms in total. The van der Waals surface area contributed by atoms with Gasteiger partial charge in [0, 0.05) is 5.56 Å². The van der Waals surface area contributed by atoms with Crippen LogP contribution in [0.2, 0.25) is 0 Å². The summed E-state index contributed by atoms with van der Waals surface area (Å²) >= 11 is 1.14. The number of carbonyl (C=O) groups excluding carboxylic acids is 1. The highest BCUT2D eigenvalue weighted by atomic mass is 32.1. The van der Waals surface area contributed by atoms with Crippen molar-refractivity contribution in [1.82, 2.24) is 4.98 Å². The smallest absolute Gasteiger partial charge is 0.416 e. The van der Waals surface area contributed by atoms with Gasteiger partial charge < -0.3 is 9.84 Å². The number of methoxy groups -OCH3 is 1. The fourth-order valence-electron chi connectivity index (χ4n) is 1.98. The molecule has 0 fully saturated rings. The van der Waals surface area contributed by atoms with E-state index in [0.717, 1.165) is 23.5 Å². The number of halogens is 3. The van der Waals surface area contributed by atoms with Crippen molar-refractivity contribution in [2.24, 2.45) is 0 Å². The Morgan fingerprint density at radius 3 is 2.48 bits per heavy atom. The molecule has 1 aromatic heterocycles. The third-order valence-corrected chi connectivity index (χ3v) is 4.49. The van der Waals surface area contributed by atoms with E-state index in [9.17, 15) is 23.1 Å². The average Bonchev–Trinajstić information content (AvgIpc) is 2.88. The molecule has 0 amide bonds. The number of hydrogen-bond donors (Lipinski definition) is 1. The van der Waals surface area contributed by atoms with E-state index in [1.54, 1.807) is 6.92 Å². The summed E-state index contributed by atoms with van der Waals surface area (Å²) in [5, 5.41) is 10.5. The first-order valence-electron chi connectivity index (χ1n) is 6.62. The second-order valence-electron chi connectivity index (χ2n) is 4.84. The zero-order valence-electron chi connectivity index (χ0n) is 12.3. The number of thiazole rings is 1. The predicted molar refractivity (Wildman–Crippen MR) is 78.9 cm³/mol. The van der Waals surface area contributed by atoms with E-state index in [1.807, 2.05) is 0 Å². The van der Waals surface area contributed by atoms with Gasteiger partial charge in [0.2, 0.25) is 0 Å². The highest BCUT2D eigenvalue weighted by molar-refractivity contribution is 7.15. The standard InChI is InChI=1S/C15H14F3NO3S/c1-8-13(11(20)7-12(21)22-2)23-14(19-8)9-3-5-10(6-4-9)15(16,17)18/h3-6,11,20H,7H2,1-2H3. The van der Waals surface area contributed by atoms with Gasteiger partial charge in [-0.2, -0.15) is 13.2 Å². The number of hydrogen-bond acceptors (Lipinski definition) is 5. The second-order valence-corrected chi connectivity index (χ2v) is 5.87. The summed E-state index contributed by atoms with van der Waals surface area (Å²) in [6, 6.07) is 4.63. The molecule has 2 aromatic rings. The van der Waals surface area contributed by atoms with E-state index in [-0.39, 0.29) is 6.42 Å². The number of esters is 1. The highest BCUT2D eigenvalue weighted by Gasteiger charge is 2.30. The maximum absolute atomic E-state index is 12.6. The van der Waals surface area contributed by atoms with Crippen molar-refractivity contribution in [3.05, 3.63) is 40.4 Å². The molecule has 0 saturated carbocycles. The molecule has 0 saturated heterocycles. The molecule has 0 bridgehead atoms. The Kier molecular flexibility index (Phi) is 5.06. The van der Waals surface area contributed by atoms with Gasteiger partial charge in [0.25, 0.3) is 0 Å². The molecule has 0 radical (unpaired) electrons. The summed E-state index contributed by atoms with van der Waals surface area (Å²) < 4.78 is 42.2. The topological polar surface area (TPSA) is 59.4 Å². The van der Waals surface area contributed by atoms with Crippen LogP contribution in [0, 0.1) is 6.92 Å². The number of alkyl halides is 3. The molecule has 23 heavy (non-hydrogen) atoms. The van der Waals surface area contributed by atoms with Gasteiger partial charge in [0.15, 0.2) is 0 Å². The lowest BCUT2D eigenvalue weighted by Crippen LogP contribution is -2.07. The van der Waals surface area contributed by atoms with Crippen molar-refractivity contribution in [3.63, 3.8) is 0 Å². The molecule has 0 aliphatic carbocycles. The van der Waals surface area contributed by atoms with Crippen molar-refractivity contribution < 1.29 is 27.8 Å². The molecular weight excluding hydrogens is 331 g/mol. The fraction of sp³-hybridized carbons (Fsp3) is 0.333. The van der Waals surface area contributed by atoms with Gasteiger partial charge in [-0.1, -0.05) is 12.1 Å². The third-order valence-electron chi connectivity index (χ3n) is 3.18. The van der Waals surface area contributed by atoms with E-state index in [0.29, 0.717) is 21.1 Å². The molecule has 2 rings (SSSR count). The fourth-order valence-corrected chi connectivity index (χ4v) is 3.03. The molecule has 1 aromatic carbocycles. The Labute approximate surface area is 134 Å². The first-order chi connectivity index (χ1) is 10.7. The Bertz CT molecular complexity index is 695. The zero-order valence-corrected chi connectivity index (χ0v) is 13.2. The minimum Gasteiger partial charge on any atom is -0.469 e. The van der Waals surface area contributed by atoms with Crippen molar-refractivity contribution >= 4 is 17.3 Å². The van der Waals surface area contributed by atoms with Gasteiger partial charge >= 0.3 is 12.1 Å². The molecular formula is C15H14F3NO3S. The SMILES string of the molecule is COC(=O)CC(O)c1sc(-c2ccc(C(F)(F)F)cc2)nc1C. The Morgan fingerprint density at radius 2 is 1.96 bits per heavy atom. The van der Waals surface area contributed by atoms with E-state index >= 15 is 0 Å². The lowest BCUT2D eigenvalue weighted by molar-refractivity contribution is -0.143. The quantitative estimate of drug-likeness (QED) is 0.858. The Balaban J connectivity index is 2.25. The number of aliphatic hydroxyl groups excluding tert-OH is 1. The highest BCUT2D eigenvalue weighted by Crippen LogP contribution is 2.35. The lowest BCUT2D eigenvalue weighted by Gasteiger charge is -2.07. The van der Waals surface area contributed by atoms with Crippen molar-refractivity contribution in [1.29, 1.82) is 0 Å². The van der Waals surface area contributed by atoms with Gasteiger partial charge in [-0.3, -0.25) is 4.79 Å². The molecule has 124 valence electrons. The van der Waals surface area contributed by atoms with Crippen LogP contribution in [0.3, 0.4) is 0 Å². The van der Waals surface area contributed by atoms with Crippen LogP contribution in [-0.2, 0) is 15.7 Å². The number of nitrogens with zero attached hydrogens (tertiary/aromatic N) is 1. The van der Waals surface area contributed by atoms with Crippen LogP contribution < -0.4 is 0 Å². The molecule has 0 aliphatic rings. The summed E-state index contributed by atoms with van der Waals surface area (Å²) in [4.78, 5) is 16.0. The van der Waals surface area contributed by atoms with Gasteiger partial charge in [0.1, 0.15) is 11.1 Å². The maximum atomic E-state index is 12.6. The third kappa shape index (κ3) is 4.08. The number of rotatable bonds is 4. The van der Waals surface area contributed by atoms with Crippen LogP contribution in [-0.4, -0.2) is 23.2 Å². The van der Waals surface area contributed by atoms with E-state index < -0.39 is 23.8 Å². The monoisotopic (exact) mass is 345 g/mol. The van der Waals surface area contributed by atoms with Crippen LogP contribution in [0.5, 0.6) is 0 Å². The first kappa shape index (κ1) is 17.4. The molecule has 1 heterocycles. The second kappa shape index (κ2) is 6.67. The number of carbonyl (C=O) groups is 1. The van der Waals surface area contributed by atoms with Crippen LogP contribution in [0.25, 0.3) is 10.6 Å². The van der Waals surface area contributed by atoms with Gasteiger partial charge in [-0.25, -0.2) is 4.98 Å². The zero-order chi connectivity index (χ0) is 17.2. The van der Waals surface area contributed by atoms with Crippen LogP contribution in [0.4, 0.5) is 13.2 Å². The minimum atomic E-state index is -4.39. The Morgan fingerprint density at radius 1 is 1.35 bits per heavy atom. The van der Waals surface area contributed by atoms with Crippen LogP contribution >= 0.6 is 11.3 Å². The summed E-state index contributed by atoms with van der Waals surface area (Å²) in [6.07, 6.45) is -5.64. The minimum absolute atomic E-state index is 0.202. The predicted octanol–water partition coefficient (Wildman–Crippen LogP) is 3.73. The number of aliphatic hydroxyl groups is 1. The maximum Gasteiger partial charge on any atom is 0.416 e. The van der Waals surface area contributed by atoms with E-state index in [2.05, 4.69) is 9.72 Å². The largest absolute Gasteiger partial charge is 0.469 e. The first-order valence-corrected chi connectivity index (χ1v) is 7.44. The summed E-state index contributed by atoms with van der Waals surface area (Å²) in [6.45, 7) is 1.67. The van der Waals surface area contributed by atoms with Gasteiger partial charge in [-0.15, -0.1) is 11.3 Å². The Hall–Kier alpha value is -1.93. The van der Waals surface area contributed by atoms with E-state index in [4.69, 9.17) is 0 Å². The van der Waals surface area contributed by atoms with Crippen LogP contribution in [0.15, 0.2) is 24.3 Å². The van der Waals surface area contributed by atoms with E-state index in [1.165, 1.54) is 19.2 Å². The van der Waals surface area contributed by atoms with Crippen LogP contribution in [0.1, 0.15) is 28.7 Å². The normalized spacial score (nSPS) is 13.0. The van der Waals surface area contributed by atoms with Gasteiger partial charge in [0.05, 0.1) is 29.7 Å². The summed E-state index contributed by atoms with van der Waals surface area (Å²) in [5.41, 5.74) is 0.310. The van der Waals surface area contributed by atoms with Gasteiger partial charge in [-0.05, 0) is 19.1 Å². The average molecular weight is 345 g/mol. The summed E-state index contributed by atoms with van der Waals surface area (Å²) in [7, 11) is 1.22. The number of ether oxygens (including phenoxy) is 1. The molecule has 0 aliphatic heterocycles. The van der Waals surface area contributed by atoms with Crippen molar-refractivity contribution in [3.8, 4) is 10.6 Å². The van der Waals surface area contributed by atoms with Crippen molar-refractivity contribution in [2.45, 2.75) is 25.6 Å². The number of aryl methyl sites for hydroxylation is 1.